The zero-order chi connectivity index (χ0) is 16.8. The van der Waals surface area contributed by atoms with Crippen LogP contribution in [0.15, 0.2) is 60.1 Å². The summed E-state index contributed by atoms with van der Waals surface area (Å²) in [5, 5.41) is 2.66. The third-order valence-electron chi connectivity index (χ3n) is 3.19. The molecule has 0 radical (unpaired) electrons. The van der Waals surface area contributed by atoms with E-state index in [-0.39, 0.29) is 6.61 Å². The van der Waals surface area contributed by atoms with Crippen molar-refractivity contribution in [1.82, 2.24) is 9.97 Å². The van der Waals surface area contributed by atoms with Crippen molar-refractivity contribution in [3.05, 3.63) is 65.8 Å². The summed E-state index contributed by atoms with van der Waals surface area (Å²) in [6, 6.07) is 14.8. The first-order valence-electron chi connectivity index (χ1n) is 7.46. The second-order valence-corrected chi connectivity index (χ2v) is 5.90. The molecule has 0 aliphatic rings. The zero-order valence-corrected chi connectivity index (χ0v) is 13.9. The lowest BCUT2D eigenvalue weighted by molar-refractivity contribution is -0.152. The minimum Gasteiger partial charge on any atom is -0.479 e. The van der Waals surface area contributed by atoms with E-state index in [0.29, 0.717) is 11.4 Å². The van der Waals surface area contributed by atoms with E-state index < -0.39 is 12.1 Å². The molecule has 0 aliphatic heterocycles. The Balaban J connectivity index is 1.54. The quantitative estimate of drug-likeness (QED) is 0.640. The van der Waals surface area contributed by atoms with Crippen molar-refractivity contribution in [2.24, 2.45) is 0 Å². The van der Waals surface area contributed by atoms with Gasteiger partial charge in [-0.05, 0) is 31.2 Å². The molecule has 122 valence electrons. The number of para-hydroxylation sites is 1. The molecule has 5 nitrogen and oxygen atoms in total. The Bertz CT molecular complexity index is 790. The molecular formula is C18H16N2O3S. The number of carbonyl (C=O) groups is 1. The van der Waals surface area contributed by atoms with Gasteiger partial charge in [-0.1, -0.05) is 24.3 Å². The number of carbonyl (C=O) groups excluding carboxylic acids is 1. The standard InChI is InChI=1S/C18H16N2O3S/c1-13(23-15-7-3-2-4-8-15)18(21)22-11-14-12-24-17(20-14)16-9-5-6-10-19-16/h2-10,12-13H,11H2,1H3. The van der Waals surface area contributed by atoms with Crippen LogP contribution in [0.25, 0.3) is 10.7 Å². The van der Waals surface area contributed by atoms with Gasteiger partial charge in [0, 0.05) is 11.6 Å². The maximum Gasteiger partial charge on any atom is 0.347 e. The van der Waals surface area contributed by atoms with Gasteiger partial charge in [-0.15, -0.1) is 11.3 Å². The lowest BCUT2D eigenvalue weighted by atomic mass is 10.3. The van der Waals surface area contributed by atoms with E-state index in [1.54, 1.807) is 25.3 Å². The fourth-order valence-corrected chi connectivity index (χ4v) is 2.77. The molecule has 24 heavy (non-hydrogen) atoms. The number of ether oxygens (including phenoxy) is 2. The lowest BCUT2D eigenvalue weighted by Crippen LogP contribution is -2.26. The summed E-state index contributed by atoms with van der Waals surface area (Å²) in [6.45, 7) is 1.78. The Morgan fingerprint density at radius 1 is 1.17 bits per heavy atom. The van der Waals surface area contributed by atoms with E-state index in [1.807, 2.05) is 41.8 Å². The monoisotopic (exact) mass is 340 g/mol. The number of pyridine rings is 1. The van der Waals surface area contributed by atoms with Crippen molar-refractivity contribution in [3.8, 4) is 16.5 Å². The van der Waals surface area contributed by atoms with E-state index in [4.69, 9.17) is 9.47 Å². The normalized spacial score (nSPS) is 11.7. The lowest BCUT2D eigenvalue weighted by Gasteiger charge is -2.13. The molecule has 0 saturated carbocycles. The molecule has 0 amide bonds. The van der Waals surface area contributed by atoms with Crippen molar-refractivity contribution in [2.45, 2.75) is 19.6 Å². The molecule has 0 aliphatic carbocycles. The second-order valence-electron chi connectivity index (χ2n) is 5.04. The van der Waals surface area contributed by atoms with Gasteiger partial charge in [0.05, 0.1) is 11.4 Å². The molecule has 3 aromatic rings. The predicted molar refractivity (Wildman–Crippen MR) is 91.7 cm³/mol. The first kappa shape index (κ1) is 16.1. The highest BCUT2D eigenvalue weighted by Crippen LogP contribution is 2.21. The van der Waals surface area contributed by atoms with Gasteiger partial charge in [-0.25, -0.2) is 9.78 Å². The highest BCUT2D eigenvalue weighted by Gasteiger charge is 2.17. The maximum absolute atomic E-state index is 12.0. The average molecular weight is 340 g/mol. The van der Waals surface area contributed by atoms with Gasteiger partial charge >= 0.3 is 5.97 Å². The average Bonchev–Trinajstić information content (AvgIpc) is 3.10. The zero-order valence-electron chi connectivity index (χ0n) is 13.1. The van der Waals surface area contributed by atoms with Gasteiger partial charge < -0.3 is 9.47 Å². The molecule has 1 unspecified atom stereocenters. The molecule has 6 heteroatoms. The van der Waals surface area contributed by atoms with Gasteiger partial charge in [0.15, 0.2) is 6.10 Å². The summed E-state index contributed by atoms with van der Waals surface area (Å²) < 4.78 is 10.8. The number of esters is 1. The minimum atomic E-state index is -0.679. The topological polar surface area (TPSA) is 61.3 Å². The van der Waals surface area contributed by atoms with Crippen LogP contribution in [0.2, 0.25) is 0 Å². The van der Waals surface area contributed by atoms with Gasteiger partial charge in [-0.3, -0.25) is 4.98 Å². The number of rotatable bonds is 6. The number of benzene rings is 1. The van der Waals surface area contributed by atoms with Crippen molar-refractivity contribution < 1.29 is 14.3 Å². The first-order chi connectivity index (χ1) is 11.7. The van der Waals surface area contributed by atoms with Crippen molar-refractivity contribution in [2.75, 3.05) is 0 Å². The minimum absolute atomic E-state index is 0.116. The Kier molecular flexibility index (Phi) is 5.18. The molecular weight excluding hydrogens is 324 g/mol. The number of nitrogens with zero attached hydrogens (tertiary/aromatic N) is 2. The molecule has 0 N–H and O–H groups in total. The van der Waals surface area contributed by atoms with Crippen LogP contribution in [0.1, 0.15) is 12.6 Å². The summed E-state index contributed by atoms with van der Waals surface area (Å²) >= 11 is 1.47. The molecule has 3 rings (SSSR count). The highest BCUT2D eigenvalue weighted by atomic mass is 32.1. The Hall–Kier alpha value is -2.73. The molecule has 0 spiro atoms. The number of hydrogen-bond acceptors (Lipinski definition) is 6. The summed E-state index contributed by atoms with van der Waals surface area (Å²) in [4.78, 5) is 20.7. The van der Waals surface area contributed by atoms with E-state index in [2.05, 4.69) is 9.97 Å². The van der Waals surface area contributed by atoms with Crippen LogP contribution >= 0.6 is 11.3 Å². The third-order valence-corrected chi connectivity index (χ3v) is 4.10. The fraction of sp³-hybridized carbons (Fsp3) is 0.167. The second kappa shape index (κ2) is 7.70. The van der Waals surface area contributed by atoms with Crippen LogP contribution in [0.5, 0.6) is 5.75 Å². The van der Waals surface area contributed by atoms with Gasteiger partial charge in [-0.2, -0.15) is 0 Å². The molecule has 2 heterocycles. The van der Waals surface area contributed by atoms with Crippen LogP contribution in [0.3, 0.4) is 0 Å². The number of hydrogen-bond donors (Lipinski definition) is 0. The van der Waals surface area contributed by atoms with Crippen LogP contribution < -0.4 is 4.74 Å². The number of aromatic nitrogens is 2. The van der Waals surface area contributed by atoms with Crippen LogP contribution in [-0.2, 0) is 16.1 Å². The summed E-state index contributed by atoms with van der Waals surface area (Å²) in [7, 11) is 0. The Morgan fingerprint density at radius 3 is 2.71 bits per heavy atom. The van der Waals surface area contributed by atoms with Gasteiger partial charge in [0.2, 0.25) is 0 Å². The first-order valence-corrected chi connectivity index (χ1v) is 8.34. The van der Waals surface area contributed by atoms with E-state index in [1.165, 1.54) is 11.3 Å². The van der Waals surface area contributed by atoms with E-state index in [0.717, 1.165) is 10.7 Å². The van der Waals surface area contributed by atoms with Gasteiger partial charge in [0.25, 0.3) is 0 Å². The van der Waals surface area contributed by atoms with Crippen LogP contribution in [0.4, 0.5) is 0 Å². The van der Waals surface area contributed by atoms with Crippen molar-refractivity contribution in [1.29, 1.82) is 0 Å². The predicted octanol–water partition coefficient (Wildman–Crippen LogP) is 3.72. The summed E-state index contributed by atoms with van der Waals surface area (Å²) in [5.74, 6) is 0.208. The smallest absolute Gasteiger partial charge is 0.347 e. The molecule has 1 atom stereocenters. The highest BCUT2D eigenvalue weighted by molar-refractivity contribution is 7.13. The molecule has 0 bridgehead atoms. The molecule has 0 fully saturated rings. The Morgan fingerprint density at radius 2 is 1.96 bits per heavy atom. The summed E-state index contributed by atoms with van der Waals surface area (Å²) in [6.07, 6.45) is 1.04. The van der Waals surface area contributed by atoms with Gasteiger partial charge in [0.1, 0.15) is 17.4 Å². The fourth-order valence-electron chi connectivity index (χ4n) is 1.99. The van der Waals surface area contributed by atoms with E-state index in [9.17, 15) is 4.79 Å². The SMILES string of the molecule is CC(Oc1ccccc1)C(=O)OCc1csc(-c2ccccn2)n1. The van der Waals surface area contributed by atoms with Crippen LogP contribution in [0, 0.1) is 0 Å². The van der Waals surface area contributed by atoms with Crippen LogP contribution in [-0.4, -0.2) is 22.0 Å². The molecule has 2 aromatic heterocycles. The molecule has 1 aromatic carbocycles. The largest absolute Gasteiger partial charge is 0.479 e. The number of thiazole rings is 1. The van der Waals surface area contributed by atoms with Crippen molar-refractivity contribution >= 4 is 17.3 Å². The van der Waals surface area contributed by atoms with E-state index >= 15 is 0 Å². The third kappa shape index (κ3) is 4.17. The van der Waals surface area contributed by atoms with Crippen molar-refractivity contribution in [3.63, 3.8) is 0 Å². The summed E-state index contributed by atoms with van der Waals surface area (Å²) in [5.41, 5.74) is 1.50. The Labute approximate surface area is 143 Å². The maximum atomic E-state index is 12.0. The molecule has 0 saturated heterocycles.